The van der Waals surface area contributed by atoms with Crippen LogP contribution in [0.4, 0.5) is 5.69 Å². The van der Waals surface area contributed by atoms with Gasteiger partial charge in [0.25, 0.3) is 5.91 Å². The summed E-state index contributed by atoms with van der Waals surface area (Å²) in [6.45, 7) is 5.69. The second-order valence-electron chi connectivity index (χ2n) is 8.55. The molecule has 1 aliphatic heterocycles. The molecule has 0 aliphatic carbocycles. The van der Waals surface area contributed by atoms with Gasteiger partial charge in [0.05, 0.1) is 45.3 Å². The fourth-order valence-corrected chi connectivity index (χ4v) is 4.67. The largest absolute Gasteiger partial charge is 0.497 e. The van der Waals surface area contributed by atoms with Gasteiger partial charge in [0.2, 0.25) is 0 Å². The first-order valence-corrected chi connectivity index (χ1v) is 11.7. The highest BCUT2D eigenvalue weighted by Crippen LogP contribution is 2.39. The van der Waals surface area contributed by atoms with Gasteiger partial charge < -0.3 is 23.5 Å². The van der Waals surface area contributed by atoms with Gasteiger partial charge in [0, 0.05) is 28.8 Å². The zero-order valence-electron chi connectivity index (χ0n) is 22.0. The van der Waals surface area contributed by atoms with Crippen molar-refractivity contribution in [3.63, 3.8) is 0 Å². The third-order valence-electron chi connectivity index (χ3n) is 6.52. The van der Waals surface area contributed by atoms with Crippen LogP contribution in [0.25, 0.3) is 11.8 Å². The number of amides is 1. The molecule has 37 heavy (non-hydrogen) atoms. The van der Waals surface area contributed by atoms with E-state index < -0.39 is 5.97 Å². The molecule has 0 saturated heterocycles. The third kappa shape index (κ3) is 4.46. The number of hydrogen-bond donors (Lipinski definition) is 0. The molecule has 1 amide bonds. The first kappa shape index (κ1) is 25.6. The number of aromatic nitrogens is 1. The molecule has 0 bridgehead atoms. The first-order valence-electron chi connectivity index (χ1n) is 11.7. The van der Waals surface area contributed by atoms with E-state index in [0.29, 0.717) is 22.9 Å². The van der Waals surface area contributed by atoms with Gasteiger partial charge in [0.15, 0.2) is 11.5 Å². The average Bonchev–Trinajstić information content (AvgIpc) is 3.33. The highest BCUT2D eigenvalue weighted by molar-refractivity contribution is 6.24. The van der Waals surface area contributed by atoms with Crippen LogP contribution in [-0.2, 0) is 14.3 Å². The van der Waals surface area contributed by atoms with Crippen LogP contribution in [0.2, 0.25) is 0 Å². The van der Waals surface area contributed by atoms with E-state index in [2.05, 4.69) is 4.57 Å². The molecule has 192 valence electrons. The maximum Gasteiger partial charge on any atom is 0.340 e. The number of methoxy groups -OCH3 is 4. The molecule has 0 atom stereocenters. The molecule has 8 nitrogen and oxygen atoms in total. The van der Waals surface area contributed by atoms with Gasteiger partial charge >= 0.3 is 5.97 Å². The number of aryl methyl sites for hydroxylation is 1. The van der Waals surface area contributed by atoms with Gasteiger partial charge in [0.1, 0.15) is 5.75 Å². The molecule has 1 aromatic heterocycles. The average molecular weight is 503 g/mol. The standard InChI is InChI=1S/C29H30N2O6/c1-17-14-20(18(2)30(17)21-8-11-23(34-4)12-9-21)15-24-27(29(33)37-7)19(3)31(28(24)32)22-10-13-25(35-5)26(16-22)36-6/h8-16H,1-7H3/b24-15-. The van der Waals surface area contributed by atoms with Crippen molar-refractivity contribution in [3.05, 3.63) is 82.3 Å². The minimum absolute atomic E-state index is 0.219. The Labute approximate surface area is 216 Å². The summed E-state index contributed by atoms with van der Waals surface area (Å²) in [5.74, 6) is 0.863. The summed E-state index contributed by atoms with van der Waals surface area (Å²) in [4.78, 5) is 28.1. The van der Waals surface area contributed by atoms with Gasteiger partial charge in [-0.1, -0.05) is 0 Å². The molecule has 0 saturated carbocycles. The zero-order valence-corrected chi connectivity index (χ0v) is 22.0. The normalized spacial score (nSPS) is 14.4. The molecular weight excluding hydrogens is 472 g/mol. The number of nitrogens with zero attached hydrogens (tertiary/aromatic N) is 2. The van der Waals surface area contributed by atoms with E-state index in [9.17, 15) is 9.59 Å². The third-order valence-corrected chi connectivity index (χ3v) is 6.52. The van der Waals surface area contributed by atoms with Crippen LogP contribution in [0.3, 0.4) is 0 Å². The molecule has 0 fully saturated rings. The maximum absolute atomic E-state index is 13.8. The number of hydrogen-bond acceptors (Lipinski definition) is 6. The van der Waals surface area contributed by atoms with Gasteiger partial charge in [-0.15, -0.1) is 0 Å². The summed E-state index contributed by atoms with van der Waals surface area (Å²) in [7, 11) is 6.01. The summed E-state index contributed by atoms with van der Waals surface area (Å²) in [5.41, 5.74) is 5.19. The summed E-state index contributed by atoms with van der Waals surface area (Å²) in [6.07, 6.45) is 1.75. The van der Waals surface area contributed by atoms with Gasteiger partial charge in [-0.25, -0.2) is 4.79 Å². The predicted molar refractivity (Wildman–Crippen MR) is 142 cm³/mol. The predicted octanol–water partition coefficient (Wildman–Crippen LogP) is 5.00. The number of benzene rings is 2. The van der Waals surface area contributed by atoms with Crippen molar-refractivity contribution >= 4 is 23.6 Å². The summed E-state index contributed by atoms with van der Waals surface area (Å²) < 4.78 is 23.2. The molecule has 4 rings (SSSR count). The molecule has 2 aromatic carbocycles. The topological polar surface area (TPSA) is 79.2 Å². The zero-order chi connectivity index (χ0) is 26.9. The van der Waals surface area contributed by atoms with Crippen molar-refractivity contribution < 1.29 is 28.5 Å². The SMILES string of the molecule is COC(=O)C1=C(C)N(c2ccc(OC)c(OC)c2)C(=O)/C1=C\c1cc(C)n(-c2ccc(OC)cc2)c1C. The lowest BCUT2D eigenvalue weighted by Crippen LogP contribution is -2.24. The fraction of sp³-hybridized carbons (Fsp3) is 0.241. The Hall–Kier alpha value is -4.46. The molecular formula is C29H30N2O6. The Morgan fingerprint density at radius 1 is 0.811 bits per heavy atom. The van der Waals surface area contributed by atoms with Crippen LogP contribution in [0.15, 0.2) is 65.4 Å². The quantitative estimate of drug-likeness (QED) is 0.334. The monoisotopic (exact) mass is 502 g/mol. The van der Waals surface area contributed by atoms with E-state index in [1.54, 1.807) is 45.4 Å². The summed E-state index contributed by atoms with van der Waals surface area (Å²) in [5, 5.41) is 0. The van der Waals surface area contributed by atoms with Crippen LogP contribution in [0.5, 0.6) is 17.2 Å². The molecule has 0 radical (unpaired) electrons. The number of carbonyl (C=O) groups excluding carboxylic acids is 2. The van der Waals surface area contributed by atoms with Crippen LogP contribution in [0.1, 0.15) is 23.9 Å². The smallest absolute Gasteiger partial charge is 0.340 e. The lowest BCUT2D eigenvalue weighted by atomic mass is 10.0. The van der Waals surface area contributed by atoms with E-state index in [1.165, 1.54) is 19.1 Å². The second-order valence-corrected chi connectivity index (χ2v) is 8.55. The van der Waals surface area contributed by atoms with Crippen LogP contribution in [0, 0.1) is 13.8 Å². The number of ether oxygens (including phenoxy) is 4. The molecule has 0 N–H and O–H groups in total. The second kappa shape index (κ2) is 10.3. The lowest BCUT2D eigenvalue weighted by Gasteiger charge is -2.19. The number of rotatable bonds is 7. The molecule has 8 heteroatoms. The first-order chi connectivity index (χ1) is 17.7. The van der Waals surface area contributed by atoms with Crippen molar-refractivity contribution in [3.8, 4) is 22.9 Å². The lowest BCUT2D eigenvalue weighted by molar-refractivity contribution is -0.136. The number of esters is 1. The number of carbonyl (C=O) groups is 2. The minimum atomic E-state index is -0.580. The van der Waals surface area contributed by atoms with Crippen LogP contribution in [-0.4, -0.2) is 44.9 Å². The molecule has 3 aromatic rings. The van der Waals surface area contributed by atoms with Gasteiger partial charge in [-0.3, -0.25) is 9.69 Å². The Kier molecular flexibility index (Phi) is 7.11. The van der Waals surface area contributed by atoms with E-state index >= 15 is 0 Å². The molecule has 0 spiro atoms. The van der Waals surface area contributed by atoms with Crippen molar-refractivity contribution in [2.75, 3.05) is 33.3 Å². The van der Waals surface area contributed by atoms with Crippen molar-refractivity contribution in [2.45, 2.75) is 20.8 Å². The highest BCUT2D eigenvalue weighted by Gasteiger charge is 2.38. The Morgan fingerprint density at radius 2 is 1.46 bits per heavy atom. The van der Waals surface area contributed by atoms with Gasteiger partial charge in [-0.2, -0.15) is 0 Å². The molecule has 2 heterocycles. The van der Waals surface area contributed by atoms with Crippen LogP contribution >= 0.6 is 0 Å². The van der Waals surface area contributed by atoms with E-state index in [0.717, 1.165) is 28.4 Å². The van der Waals surface area contributed by atoms with Crippen molar-refractivity contribution in [1.29, 1.82) is 0 Å². The fourth-order valence-electron chi connectivity index (χ4n) is 4.67. The van der Waals surface area contributed by atoms with Crippen molar-refractivity contribution in [1.82, 2.24) is 4.57 Å². The Morgan fingerprint density at radius 3 is 2.05 bits per heavy atom. The van der Waals surface area contributed by atoms with E-state index in [4.69, 9.17) is 18.9 Å². The van der Waals surface area contributed by atoms with Crippen LogP contribution < -0.4 is 19.1 Å². The van der Waals surface area contributed by atoms with E-state index in [1.807, 2.05) is 44.2 Å². The maximum atomic E-state index is 13.8. The van der Waals surface area contributed by atoms with Gasteiger partial charge in [-0.05, 0) is 74.9 Å². The number of allylic oxidation sites excluding steroid dienone is 1. The summed E-state index contributed by atoms with van der Waals surface area (Å²) in [6, 6.07) is 14.9. The Bertz CT molecular complexity index is 1430. The number of anilines is 1. The molecule has 1 aliphatic rings. The van der Waals surface area contributed by atoms with Crippen molar-refractivity contribution in [2.24, 2.45) is 0 Å². The minimum Gasteiger partial charge on any atom is -0.497 e. The summed E-state index contributed by atoms with van der Waals surface area (Å²) >= 11 is 0. The molecule has 0 unspecified atom stereocenters. The highest BCUT2D eigenvalue weighted by atomic mass is 16.5. The van der Waals surface area contributed by atoms with E-state index in [-0.39, 0.29) is 17.1 Å². The Balaban J connectivity index is 1.82.